The number of amides is 2. The zero-order chi connectivity index (χ0) is 32.2. The third-order valence-electron chi connectivity index (χ3n) is 9.16. The first-order valence-electron chi connectivity index (χ1n) is 15.7. The summed E-state index contributed by atoms with van der Waals surface area (Å²) in [5.41, 5.74) is 9.89. The smallest absolute Gasteiger partial charge is 0.268 e. The molecule has 48 heavy (non-hydrogen) atoms. The Kier molecular flexibility index (Phi) is 6.33. The number of hydrogen-bond donors (Lipinski definition) is 0. The van der Waals surface area contributed by atoms with Crippen molar-refractivity contribution in [3.63, 3.8) is 0 Å². The minimum absolute atomic E-state index is 0.339. The van der Waals surface area contributed by atoms with Crippen molar-refractivity contribution < 1.29 is 9.59 Å². The van der Waals surface area contributed by atoms with Crippen LogP contribution in [-0.2, 0) is 0 Å². The summed E-state index contributed by atoms with van der Waals surface area (Å²) in [4.78, 5) is 38.4. The number of para-hydroxylation sites is 2. The molecule has 0 aliphatic carbocycles. The Morgan fingerprint density at radius 2 is 0.938 bits per heavy atom. The molecule has 3 aromatic heterocycles. The molecule has 0 radical (unpaired) electrons. The van der Waals surface area contributed by atoms with Gasteiger partial charge in [0.25, 0.3) is 11.8 Å². The van der Waals surface area contributed by atoms with Gasteiger partial charge in [-0.15, -0.1) is 0 Å². The van der Waals surface area contributed by atoms with Gasteiger partial charge in [0.05, 0.1) is 33.5 Å². The summed E-state index contributed by atoms with van der Waals surface area (Å²) < 4.78 is 2.17. The molecule has 0 spiro atoms. The highest BCUT2D eigenvalue weighted by atomic mass is 16.2. The molecule has 0 N–H and O–H groups in total. The topological polar surface area (TPSA) is 68.1 Å². The van der Waals surface area contributed by atoms with Crippen molar-refractivity contribution in [1.29, 1.82) is 0 Å². The number of fused-ring (bicyclic) bond motifs is 4. The van der Waals surface area contributed by atoms with Crippen LogP contribution in [0.1, 0.15) is 20.7 Å². The zero-order valence-corrected chi connectivity index (χ0v) is 25.6. The van der Waals surface area contributed by atoms with Gasteiger partial charge in [0.15, 0.2) is 0 Å². The number of rotatable bonds is 5. The van der Waals surface area contributed by atoms with Gasteiger partial charge < -0.3 is 4.57 Å². The molecular formula is C42H26N4O2. The number of hydrogen-bond acceptors (Lipinski definition) is 4. The Balaban J connectivity index is 1.30. The fourth-order valence-corrected chi connectivity index (χ4v) is 7.01. The molecular weight excluding hydrogens is 592 g/mol. The fourth-order valence-electron chi connectivity index (χ4n) is 7.01. The van der Waals surface area contributed by atoms with Crippen LogP contribution >= 0.6 is 0 Å². The van der Waals surface area contributed by atoms with Crippen molar-refractivity contribution in [2.45, 2.75) is 0 Å². The Morgan fingerprint density at radius 1 is 0.417 bits per heavy atom. The second kappa shape index (κ2) is 11.0. The second-order valence-corrected chi connectivity index (χ2v) is 11.8. The highest BCUT2D eigenvalue weighted by Crippen LogP contribution is 2.44. The molecule has 0 atom stereocenters. The van der Waals surface area contributed by atoms with Crippen LogP contribution in [0.4, 0.5) is 5.69 Å². The van der Waals surface area contributed by atoms with Gasteiger partial charge in [0.2, 0.25) is 0 Å². The van der Waals surface area contributed by atoms with Gasteiger partial charge in [0.1, 0.15) is 0 Å². The molecule has 1 aliphatic rings. The van der Waals surface area contributed by atoms with Crippen LogP contribution in [0.15, 0.2) is 158 Å². The van der Waals surface area contributed by atoms with E-state index in [1.165, 1.54) is 4.90 Å². The minimum Gasteiger partial charge on any atom is -0.307 e. The van der Waals surface area contributed by atoms with E-state index in [0.29, 0.717) is 22.5 Å². The average molecular weight is 619 g/mol. The number of benzene rings is 5. The van der Waals surface area contributed by atoms with E-state index in [2.05, 4.69) is 50.9 Å². The number of aromatic nitrogens is 3. The van der Waals surface area contributed by atoms with Gasteiger partial charge >= 0.3 is 0 Å². The summed E-state index contributed by atoms with van der Waals surface area (Å²) >= 11 is 0. The summed E-state index contributed by atoms with van der Waals surface area (Å²) in [6.07, 6.45) is 7.14. The van der Waals surface area contributed by atoms with E-state index in [9.17, 15) is 9.59 Å². The Bertz CT molecular complexity index is 2430. The van der Waals surface area contributed by atoms with Crippen LogP contribution in [0.2, 0.25) is 0 Å². The Labute approximate surface area is 276 Å². The lowest BCUT2D eigenvalue weighted by atomic mass is 10.0. The molecule has 0 saturated carbocycles. The first kappa shape index (κ1) is 27.6. The summed E-state index contributed by atoms with van der Waals surface area (Å²) in [6.45, 7) is 0. The predicted molar refractivity (Wildman–Crippen MR) is 190 cm³/mol. The molecule has 6 nitrogen and oxygen atoms in total. The number of anilines is 1. The third kappa shape index (κ3) is 4.20. The normalized spacial score (nSPS) is 12.6. The molecule has 0 saturated heterocycles. The largest absolute Gasteiger partial charge is 0.307 e. The molecule has 2 amide bonds. The quantitative estimate of drug-likeness (QED) is 0.180. The lowest BCUT2D eigenvalue weighted by Gasteiger charge is -2.17. The molecule has 0 bridgehead atoms. The van der Waals surface area contributed by atoms with Crippen molar-refractivity contribution in [3.05, 3.63) is 169 Å². The standard InChI is InChI=1S/C42H26N4O2/c47-41-36-13-6-14-37(38(36)42(48)45(41)31-17-15-28(16-18-31)27-7-2-1-3-8-27)46-39-32(29-19-23-43-24-20-29)9-4-11-34(39)35-12-5-10-33(40(35)46)30-21-25-44-26-22-30/h1-26H. The maximum absolute atomic E-state index is 14.5. The Morgan fingerprint density at radius 3 is 1.52 bits per heavy atom. The van der Waals surface area contributed by atoms with Crippen molar-refractivity contribution in [1.82, 2.24) is 14.5 Å². The summed E-state index contributed by atoms with van der Waals surface area (Å²) in [7, 11) is 0. The monoisotopic (exact) mass is 618 g/mol. The van der Waals surface area contributed by atoms with Crippen LogP contribution < -0.4 is 4.90 Å². The van der Waals surface area contributed by atoms with Crippen LogP contribution in [0.25, 0.3) is 60.9 Å². The fraction of sp³-hybridized carbons (Fsp3) is 0. The van der Waals surface area contributed by atoms with Gasteiger partial charge in [0, 0.05) is 46.7 Å². The van der Waals surface area contributed by atoms with Gasteiger partial charge in [-0.25, -0.2) is 4.90 Å². The number of nitrogens with zero attached hydrogens (tertiary/aromatic N) is 4. The summed E-state index contributed by atoms with van der Waals surface area (Å²) in [6, 6.07) is 43.7. The molecule has 1 aliphatic heterocycles. The van der Waals surface area contributed by atoms with Crippen LogP contribution in [0, 0.1) is 0 Å². The van der Waals surface area contributed by atoms with Crippen molar-refractivity contribution >= 4 is 39.3 Å². The number of carbonyl (C=O) groups excluding carboxylic acids is 2. The minimum atomic E-state index is -0.351. The van der Waals surface area contributed by atoms with Crippen LogP contribution in [-0.4, -0.2) is 26.3 Å². The Hall–Kier alpha value is -6.66. The molecule has 8 aromatic rings. The highest BCUT2D eigenvalue weighted by Gasteiger charge is 2.39. The lowest BCUT2D eigenvalue weighted by Crippen LogP contribution is -2.29. The SMILES string of the molecule is O=C1c2cccc(-n3c4c(-c5ccncc5)cccc4c4cccc(-c5ccncc5)c43)c2C(=O)N1c1ccc(-c2ccccc2)cc1. The van der Waals surface area contributed by atoms with E-state index < -0.39 is 0 Å². The molecule has 9 rings (SSSR count). The average Bonchev–Trinajstić information content (AvgIpc) is 3.63. The molecule has 0 fully saturated rings. The van der Waals surface area contributed by atoms with E-state index >= 15 is 0 Å². The van der Waals surface area contributed by atoms with Crippen molar-refractivity contribution in [3.8, 4) is 39.1 Å². The maximum atomic E-state index is 14.5. The molecule has 226 valence electrons. The van der Waals surface area contributed by atoms with Crippen molar-refractivity contribution in [2.75, 3.05) is 4.90 Å². The van der Waals surface area contributed by atoms with Crippen LogP contribution in [0.3, 0.4) is 0 Å². The summed E-state index contributed by atoms with van der Waals surface area (Å²) in [5.74, 6) is -0.690. The molecule has 5 aromatic carbocycles. The zero-order valence-electron chi connectivity index (χ0n) is 25.6. The second-order valence-electron chi connectivity index (χ2n) is 11.8. The third-order valence-corrected chi connectivity index (χ3v) is 9.16. The van der Waals surface area contributed by atoms with E-state index in [1.807, 2.05) is 91.0 Å². The number of imide groups is 1. The molecule has 4 heterocycles. The van der Waals surface area contributed by atoms with Crippen molar-refractivity contribution in [2.24, 2.45) is 0 Å². The van der Waals surface area contributed by atoms with Crippen LogP contribution in [0.5, 0.6) is 0 Å². The van der Waals surface area contributed by atoms with Gasteiger partial charge in [-0.05, 0) is 70.8 Å². The maximum Gasteiger partial charge on any atom is 0.268 e. The molecule has 0 unspecified atom stereocenters. The van der Waals surface area contributed by atoms with E-state index in [0.717, 1.165) is 55.2 Å². The summed E-state index contributed by atoms with van der Waals surface area (Å²) in [5, 5.41) is 2.08. The van der Waals surface area contributed by atoms with Gasteiger partial charge in [-0.3, -0.25) is 19.6 Å². The first-order valence-corrected chi connectivity index (χ1v) is 15.7. The molecule has 6 heteroatoms. The van der Waals surface area contributed by atoms with E-state index in [-0.39, 0.29) is 11.8 Å². The number of carbonyl (C=O) groups is 2. The lowest BCUT2D eigenvalue weighted by molar-refractivity contribution is 0.0926. The predicted octanol–water partition coefficient (Wildman–Crippen LogP) is 9.38. The van der Waals surface area contributed by atoms with Gasteiger partial charge in [-0.2, -0.15) is 0 Å². The van der Waals surface area contributed by atoms with E-state index in [4.69, 9.17) is 0 Å². The van der Waals surface area contributed by atoms with Gasteiger partial charge in [-0.1, -0.05) is 84.9 Å². The number of pyridine rings is 2. The first-order chi connectivity index (χ1) is 23.7. The van der Waals surface area contributed by atoms with E-state index in [1.54, 1.807) is 30.9 Å². The highest BCUT2D eigenvalue weighted by molar-refractivity contribution is 6.36.